The van der Waals surface area contributed by atoms with Gasteiger partial charge in [-0.3, -0.25) is 0 Å². The van der Waals surface area contributed by atoms with Crippen LogP contribution in [-0.4, -0.2) is 20.7 Å². The molecule has 2 heterocycles. The van der Waals surface area contributed by atoms with E-state index < -0.39 is 12.6 Å². The van der Waals surface area contributed by atoms with E-state index in [2.05, 4.69) is 9.97 Å². The summed E-state index contributed by atoms with van der Waals surface area (Å²) in [7, 11) is 0. The van der Waals surface area contributed by atoms with Crippen molar-refractivity contribution >= 4 is 33.7 Å². The van der Waals surface area contributed by atoms with E-state index in [0.29, 0.717) is 44.4 Å². The molecule has 0 unspecified atom stereocenters. The smallest absolute Gasteiger partial charge is 0.390 e. The number of halogens is 4. The Morgan fingerprint density at radius 1 is 1.08 bits per heavy atom. The number of oxazole rings is 1. The number of aromatic nitrogens is 3. The largest absolute Gasteiger partial charge is 0.436 e. The second-order valence-corrected chi connectivity index (χ2v) is 6.45. The second kappa shape index (κ2) is 6.02. The molecule has 0 N–H and O–H groups in total. The van der Waals surface area contributed by atoms with Gasteiger partial charge in [-0.1, -0.05) is 11.6 Å². The van der Waals surface area contributed by atoms with Crippen molar-refractivity contribution in [2.24, 2.45) is 0 Å². The molecular formula is C18H13ClF3N3O. The molecule has 0 spiro atoms. The molecule has 4 nitrogen and oxygen atoms in total. The first-order valence-corrected chi connectivity index (χ1v) is 8.28. The first-order valence-electron chi connectivity index (χ1n) is 7.90. The summed E-state index contributed by atoms with van der Waals surface area (Å²) in [5, 5.41) is 0.562. The van der Waals surface area contributed by atoms with Crippen LogP contribution in [-0.2, 0) is 6.54 Å². The molecule has 0 bridgehead atoms. The summed E-state index contributed by atoms with van der Waals surface area (Å²) in [5.74, 6) is 0.942. The maximum atomic E-state index is 12.5. The van der Waals surface area contributed by atoms with Gasteiger partial charge in [-0.25, -0.2) is 9.97 Å². The number of rotatable bonds is 3. The summed E-state index contributed by atoms with van der Waals surface area (Å²) >= 11 is 5.96. The van der Waals surface area contributed by atoms with Crippen molar-refractivity contribution in [2.45, 2.75) is 26.1 Å². The molecule has 26 heavy (non-hydrogen) atoms. The molecule has 2 aromatic carbocycles. The average molecular weight is 380 g/mol. The van der Waals surface area contributed by atoms with Gasteiger partial charge in [0.25, 0.3) is 0 Å². The minimum absolute atomic E-state index is 0.160. The van der Waals surface area contributed by atoms with Crippen LogP contribution in [0.4, 0.5) is 13.2 Å². The minimum Gasteiger partial charge on any atom is -0.436 e. The number of hydrogen-bond donors (Lipinski definition) is 0. The summed E-state index contributed by atoms with van der Waals surface area (Å²) in [5.41, 5.74) is 3.19. The maximum absolute atomic E-state index is 12.5. The first-order chi connectivity index (χ1) is 12.3. The highest BCUT2D eigenvalue weighted by Crippen LogP contribution is 2.29. The average Bonchev–Trinajstić information content (AvgIpc) is 3.11. The summed E-state index contributed by atoms with van der Waals surface area (Å²) in [6.07, 6.45) is -5.10. The zero-order valence-corrected chi connectivity index (χ0v) is 14.4. The molecule has 2 aromatic heterocycles. The lowest BCUT2D eigenvalue weighted by Gasteiger charge is -2.09. The van der Waals surface area contributed by atoms with Crippen molar-refractivity contribution in [1.82, 2.24) is 14.5 Å². The molecule has 0 aliphatic carbocycles. The van der Waals surface area contributed by atoms with Crippen LogP contribution in [0.2, 0.25) is 5.02 Å². The van der Waals surface area contributed by atoms with Crippen LogP contribution in [0, 0.1) is 6.92 Å². The highest BCUT2D eigenvalue weighted by atomic mass is 35.5. The van der Waals surface area contributed by atoms with Gasteiger partial charge >= 0.3 is 6.18 Å². The molecule has 0 aliphatic heterocycles. The van der Waals surface area contributed by atoms with Crippen molar-refractivity contribution in [3.63, 3.8) is 0 Å². The Hall–Kier alpha value is -2.54. The number of aryl methyl sites for hydroxylation is 2. The molecule has 134 valence electrons. The molecule has 4 aromatic rings. The number of nitrogens with zero attached hydrogens (tertiary/aromatic N) is 3. The monoisotopic (exact) mass is 379 g/mol. The Labute approximate surface area is 151 Å². The van der Waals surface area contributed by atoms with E-state index in [1.807, 2.05) is 0 Å². The lowest BCUT2D eigenvalue weighted by Crippen LogP contribution is -2.13. The highest BCUT2D eigenvalue weighted by molar-refractivity contribution is 6.31. The Bertz CT molecular complexity index is 1110. The fourth-order valence-electron chi connectivity index (χ4n) is 2.93. The minimum atomic E-state index is -4.21. The molecule has 0 radical (unpaired) electrons. The van der Waals surface area contributed by atoms with Crippen LogP contribution in [0.5, 0.6) is 0 Å². The Balaban J connectivity index is 1.73. The van der Waals surface area contributed by atoms with Crippen LogP contribution in [0.1, 0.15) is 12.2 Å². The zero-order chi connectivity index (χ0) is 18.5. The van der Waals surface area contributed by atoms with E-state index in [4.69, 9.17) is 16.0 Å². The Morgan fingerprint density at radius 3 is 2.65 bits per heavy atom. The van der Waals surface area contributed by atoms with Crippen molar-refractivity contribution in [3.05, 3.63) is 47.2 Å². The van der Waals surface area contributed by atoms with Crippen LogP contribution in [0.3, 0.4) is 0 Å². The molecule has 0 fully saturated rings. The van der Waals surface area contributed by atoms with Gasteiger partial charge in [-0.2, -0.15) is 13.2 Å². The van der Waals surface area contributed by atoms with Gasteiger partial charge in [-0.15, -0.1) is 0 Å². The molecule has 0 atom stereocenters. The number of benzene rings is 2. The molecule has 0 amide bonds. The van der Waals surface area contributed by atoms with Gasteiger partial charge in [0, 0.05) is 17.1 Å². The van der Waals surface area contributed by atoms with Crippen LogP contribution < -0.4 is 0 Å². The normalized spacial score (nSPS) is 12.3. The van der Waals surface area contributed by atoms with Gasteiger partial charge in [-0.05, 0) is 43.3 Å². The Kier molecular flexibility index (Phi) is 3.91. The predicted molar refractivity (Wildman–Crippen MR) is 93.2 cm³/mol. The quantitative estimate of drug-likeness (QED) is 0.454. The summed E-state index contributed by atoms with van der Waals surface area (Å²) in [4.78, 5) is 8.79. The Morgan fingerprint density at radius 2 is 1.88 bits per heavy atom. The van der Waals surface area contributed by atoms with E-state index in [1.165, 1.54) is 0 Å². The lowest BCUT2D eigenvalue weighted by molar-refractivity contribution is -0.136. The summed E-state index contributed by atoms with van der Waals surface area (Å²) < 4.78 is 44.9. The predicted octanol–water partition coefficient (Wildman–Crippen LogP) is 5.76. The molecular weight excluding hydrogens is 367 g/mol. The van der Waals surface area contributed by atoms with Gasteiger partial charge in [0.1, 0.15) is 11.3 Å². The molecule has 4 rings (SSSR count). The molecule has 0 saturated carbocycles. The van der Waals surface area contributed by atoms with Gasteiger partial charge in [0.15, 0.2) is 5.58 Å². The van der Waals surface area contributed by atoms with Crippen LogP contribution >= 0.6 is 11.6 Å². The topological polar surface area (TPSA) is 43.9 Å². The van der Waals surface area contributed by atoms with Crippen molar-refractivity contribution < 1.29 is 17.6 Å². The number of alkyl halides is 3. The molecule has 0 saturated heterocycles. The number of hydrogen-bond acceptors (Lipinski definition) is 3. The van der Waals surface area contributed by atoms with Crippen LogP contribution in [0.15, 0.2) is 40.8 Å². The number of imidazole rings is 1. The van der Waals surface area contributed by atoms with Crippen molar-refractivity contribution in [2.75, 3.05) is 0 Å². The third-order valence-corrected chi connectivity index (χ3v) is 4.39. The molecule has 0 aliphatic rings. The van der Waals surface area contributed by atoms with E-state index in [0.717, 1.165) is 0 Å². The maximum Gasteiger partial charge on any atom is 0.390 e. The number of fused-ring (bicyclic) bond motifs is 2. The highest BCUT2D eigenvalue weighted by Gasteiger charge is 2.27. The first kappa shape index (κ1) is 16.9. The summed E-state index contributed by atoms with van der Waals surface area (Å²) in [6.45, 7) is 1.53. The molecule has 8 heteroatoms. The van der Waals surface area contributed by atoms with E-state index >= 15 is 0 Å². The second-order valence-electron chi connectivity index (χ2n) is 6.01. The standard InChI is InChI=1S/C18H13ClF3N3O/c1-10-23-13-8-11(2-4-15(13)25(10)7-6-18(20,21)22)17-24-14-9-12(19)3-5-16(14)26-17/h2-5,8-9H,6-7H2,1H3. The third-order valence-electron chi connectivity index (χ3n) is 4.15. The van der Waals surface area contributed by atoms with Crippen molar-refractivity contribution in [1.29, 1.82) is 0 Å². The van der Waals surface area contributed by atoms with Gasteiger partial charge in [0.05, 0.1) is 17.5 Å². The van der Waals surface area contributed by atoms with E-state index in [9.17, 15) is 13.2 Å². The van der Waals surface area contributed by atoms with Gasteiger partial charge < -0.3 is 8.98 Å². The van der Waals surface area contributed by atoms with Gasteiger partial charge in [0.2, 0.25) is 5.89 Å². The van der Waals surface area contributed by atoms with E-state index in [-0.39, 0.29) is 6.54 Å². The fourth-order valence-corrected chi connectivity index (χ4v) is 3.09. The van der Waals surface area contributed by atoms with Crippen LogP contribution in [0.25, 0.3) is 33.6 Å². The fraction of sp³-hybridized carbons (Fsp3) is 0.222. The van der Waals surface area contributed by atoms with Crippen molar-refractivity contribution in [3.8, 4) is 11.5 Å². The zero-order valence-electron chi connectivity index (χ0n) is 13.6. The third kappa shape index (κ3) is 3.14. The lowest BCUT2D eigenvalue weighted by atomic mass is 10.2. The van der Waals surface area contributed by atoms with E-state index in [1.54, 1.807) is 47.9 Å². The summed E-state index contributed by atoms with van der Waals surface area (Å²) in [6, 6.07) is 10.4. The SMILES string of the molecule is Cc1nc2cc(-c3nc4cc(Cl)ccc4o3)ccc2n1CCC(F)(F)F.